The minimum absolute atomic E-state index is 0.180. The van der Waals surface area contributed by atoms with Crippen molar-refractivity contribution in [3.8, 4) is 5.75 Å². The van der Waals surface area contributed by atoms with Crippen LogP contribution in [0.5, 0.6) is 5.75 Å². The highest BCUT2D eigenvalue weighted by Crippen LogP contribution is 2.10. The average Bonchev–Trinajstić information content (AvgIpc) is 2.37. The Labute approximate surface area is 106 Å². The molecule has 0 unspecified atom stereocenters. The first-order chi connectivity index (χ1) is 8.63. The molecule has 4 N–H and O–H groups in total. The van der Waals surface area contributed by atoms with Gasteiger partial charge in [0.25, 0.3) is 5.91 Å². The first-order valence-corrected chi connectivity index (χ1v) is 5.57. The van der Waals surface area contributed by atoms with Crippen molar-refractivity contribution in [1.82, 2.24) is 5.48 Å². The second kappa shape index (κ2) is 7.65. The molecule has 1 rings (SSSR count). The number of hydrogen-bond donors (Lipinski definition) is 3. The van der Waals surface area contributed by atoms with Gasteiger partial charge in [0.2, 0.25) is 0 Å². The van der Waals surface area contributed by atoms with Crippen molar-refractivity contribution in [3.63, 3.8) is 0 Å². The smallest absolute Gasteiger partial charge is 0.260 e. The molecule has 0 radical (unpaired) electrons. The van der Waals surface area contributed by atoms with Crippen molar-refractivity contribution in [1.29, 1.82) is 0 Å². The Bertz CT molecular complexity index is 367. The van der Waals surface area contributed by atoms with Gasteiger partial charge in [-0.1, -0.05) is 12.1 Å². The van der Waals surface area contributed by atoms with Crippen molar-refractivity contribution in [2.45, 2.75) is 12.5 Å². The number of hydrogen-bond acceptors (Lipinski definition) is 5. The monoisotopic (exact) mass is 254 g/mol. The summed E-state index contributed by atoms with van der Waals surface area (Å²) in [6.07, 6.45) is 0.375. The zero-order valence-corrected chi connectivity index (χ0v) is 10.3. The Morgan fingerprint density at radius 1 is 1.39 bits per heavy atom. The summed E-state index contributed by atoms with van der Waals surface area (Å²) in [6.45, 7) is 0.668. The maximum atomic E-state index is 11.5. The lowest BCUT2D eigenvalue weighted by Gasteiger charge is -2.12. The molecule has 0 aromatic heterocycles. The predicted molar refractivity (Wildman–Crippen MR) is 65.8 cm³/mol. The number of phenolic OH excluding ortho intramolecular Hbond substituents is 1. The lowest BCUT2D eigenvalue weighted by molar-refractivity contribution is -0.135. The highest BCUT2D eigenvalue weighted by atomic mass is 16.7. The van der Waals surface area contributed by atoms with E-state index in [2.05, 4.69) is 5.48 Å². The molecule has 100 valence electrons. The Balaban J connectivity index is 2.33. The lowest BCUT2D eigenvalue weighted by atomic mass is 10.1. The molecule has 0 fully saturated rings. The molecule has 1 atom stereocenters. The van der Waals surface area contributed by atoms with Crippen LogP contribution in [0.3, 0.4) is 0 Å². The topological polar surface area (TPSA) is 93.8 Å². The summed E-state index contributed by atoms with van der Waals surface area (Å²) >= 11 is 0. The van der Waals surface area contributed by atoms with Crippen LogP contribution in [-0.2, 0) is 20.8 Å². The number of nitrogens with two attached hydrogens (primary N) is 1. The third kappa shape index (κ3) is 5.13. The van der Waals surface area contributed by atoms with Crippen LogP contribution in [0.1, 0.15) is 5.56 Å². The Kier molecular flexibility index (Phi) is 6.13. The third-order valence-corrected chi connectivity index (χ3v) is 2.29. The van der Waals surface area contributed by atoms with Crippen LogP contribution in [0.2, 0.25) is 0 Å². The van der Waals surface area contributed by atoms with Gasteiger partial charge in [0.05, 0.1) is 19.3 Å². The first kappa shape index (κ1) is 14.4. The van der Waals surface area contributed by atoms with E-state index in [1.165, 1.54) is 0 Å². The molecule has 0 aliphatic carbocycles. The minimum atomic E-state index is -0.697. The van der Waals surface area contributed by atoms with E-state index in [1.54, 1.807) is 31.4 Å². The number of rotatable bonds is 7. The zero-order valence-electron chi connectivity index (χ0n) is 10.3. The van der Waals surface area contributed by atoms with Gasteiger partial charge in [0.1, 0.15) is 5.75 Å². The molecule has 0 bridgehead atoms. The SMILES string of the molecule is COCCONC(=O)[C@@H](N)Cc1ccc(O)cc1. The van der Waals surface area contributed by atoms with Gasteiger partial charge in [0.15, 0.2) is 0 Å². The number of amides is 1. The van der Waals surface area contributed by atoms with Crippen LogP contribution < -0.4 is 11.2 Å². The fraction of sp³-hybridized carbons (Fsp3) is 0.417. The molecule has 1 aromatic rings. The van der Waals surface area contributed by atoms with Crippen molar-refractivity contribution < 1.29 is 19.5 Å². The maximum Gasteiger partial charge on any atom is 0.260 e. The second-order valence-corrected chi connectivity index (χ2v) is 3.78. The van der Waals surface area contributed by atoms with Crippen LogP contribution in [0.15, 0.2) is 24.3 Å². The summed E-state index contributed by atoms with van der Waals surface area (Å²) in [5.74, 6) is -0.209. The van der Waals surface area contributed by atoms with Gasteiger partial charge in [-0.15, -0.1) is 0 Å². The van der Waals surface area contributed by atoms with Crippen molar-refractivity contribution in [2.75, 3.05) is 20.3 Å². The van der Waals surface area contributed by atoms with Gasteiger partial charge < -0.3 is 15.6 Å². The fourth-order valence-corrected chi connectivity index (χ4v) is 1.30. The van der Waals surface area contributed by atoms with Gasteiger partial charge in [-0.3, -0.25) is 9.63 Å². The largest absolute Gasteiger partial charge is 0.508 e. The molecule has 1 amide bonds. The molecule has 0 saturated heterocycles. The Morgan fingerprint density at radius 2 is 2.06 bits per heavy atom. The number of benzene rings is 1. The number of phenols is 1. The Morgan fingerprint density at radius 3 is 2.67 bits per heavy atom. The summed E-state index contributed by atoms with van der Waals surface area (Å²) in [6, 6.07) is 5.84. The van der Waals surface area contributed by atoms with Crippen LogP contribution >= 0.6 is 0 Å². The molecule has 6 nitrogen and oxygen atoms in total. The molecular formula is C12H18N2O4. The number of methoxy groups -OCH3 is 1. The van der Waals surface area contributed by atoms with Crippen molar-refractivity contribution in [3.05, 3.63) is 29.8 Å². The van der Waals surface area contributed by atoms with E-state index < -0.39 is 6.04 Å². The van der Waals surface area contributed by atoms with E-state index in [0.717, 1.165) is 5.56 Å². The van der Waals surface area contributed by atoms with Crippen LogP contribution in [0, 0.1) is 0 Å². The summed E-state index contributed by atoms with van der Waals surface area (Å²) in [7, 11) is 1.54. The van der Waals surface area contributed by atoms with E-state index in [0.29, 0.717) is 13.0 Å². The van der Waals surface area contributed by atoms with Gasteiger partial charge in [-0.25, -0.2) is 5.48 Å². The highest BCUT2D eigenvalue weighted by molar-refractivity contribution is 5.80. The molecule has 0 aliphatic rings. The Hall–Kier alpha value is -1.63. The normalized spacial score (nSPS) is 12.1. The van der Waals surface area contributed by atoms with E-state index in [1.807, 2.05) is 0 Å². The second-order valence-electron chi connectivity index (χ2n) is 3.78. The molecule has 0 aliphatic heterocycles. The van der Waals surface area contributed by atoms with Crippen LogP contribution in [0.25, 0.3) is 0 Å². The maximum absolute atomic E-state index is 11.5. The number of carbonyl (C=O) groups excluding carboxylic acids is 1. The van der Waals surface area contributed by atoms with Crippen molar-refractivity contribution in [2.24, 2.45) is 5.73 Å². The number of nitrogens with one attached hydrogen (secondary N) is 1. The van der Waals surface area contributed by atoms with E-state index >= 15 is 0 Å². The summed E-state index contributed by atoms with van der Waals surface area (Å²) in [5.41, 5.74) is 8.84. The number of aromatic hydroxyl groups is 1. The molecule has 0 spiro atoms. The first-order valence-electron chi connectivity index (χ1n) is 5.57. The van der Waals surface area contributed by atoms with Crippen LogP contribution in [0.4, 0.5) is 0 Å². The quantitative estimate of drug-likeness (QED) is 0.469. The van der Waals surface area contributed by atoms with Crippen molar-refractivity contribution >= 4 is 5.91 Å². The van der Waals surface area contributed by atoms with Crippen LogP contribution in [-0.4, -0.2) is 37.4 Å². The lowest BCUT2D eigenvalue weighted by Crippen LogP contribution is -2.42. The molecule has 18 heavy (non-hydrogen) atoms. The molecule has 0 saturated carbocycles. The van der Waals surface area contributed by atoms with Gasteiger partial charge >= 0.3 is 0 Å². The number of hydroxylamine groups is 1. The summed E-state index contributed by atoms with van der Waals surface area (Å²) < 4.78 is 4.76. The summed E-state index contributed by atoms with van der Waals surface area (Å²) in [5, 5.41) is 9.12. The fourth-order valence-electron chi connectivity index (χ4n) is 1.30. The van der Waals surface area contributed by atoms with E-state index in [9.17, 15) is 4.79 Å². The average molecular weight is 254 g/mol. The molecule has 0 heterocycles. The number of carbonyl (C=O) groups is 1. The number of ether oxygens (including phenoxy) is 1. The third-order valence-electron chi connectivity index (χ3n) is 2.29. The molecule has 1 aromatic carbocycles. The molecule has 6 heteroatoms. The highest BCUT2D eigenvalue weighted by Gasteiger charge is 2.13. The van der Waals surface area contributed by atoms with Gasteiger partial charge in [0, 0.05) is 7.11 Å². The zero-order chi connectivity index (χ0) is 13.4. The standard InChI is InChI=1S/C12H18N2O4/c1-17-6-7-18-14-12(16)11(13)8-9-2-4-10(15)5-3-9/h2-5,11,15H,6-8,13H2,1H3,(H,14,16)/t11-/m0/s1. The van der Waals surface area contributed by atoms with Gasteiger partial charge in [-0.05, 0) is 24.1 Å². The predicted octanol–water partition coefficient (Wildman–Crippen LogP) is -0.0438. The van der Waals surface area contributed by atoms with E-state index in [4.69, 9.17) is 20.4 Å². The summed E-state index contributed by atoms with van der Waals surface area (Å²) in [4.78, 5) is 16.4. The minimum Gasteiger partial charge on any atom is -0.508 e. The van der Waals surface area contributed by atoms with E-state index in [-0.39, 0.29) is 18.3 Å². The van der Waals surface area contributed by atoms with Gasteiger partial charge in [-0.2, -0.15) is 0 Å². The molecular weight excluding hydrogens is 236 g/mol.